The van der Waals surface area contributed by atoms with Gasteiger partial charge in [0.25, 0.3) is 0 Å². The molecular formula is C16H24BrNS. The van der Waals surface area contributed by atoms with Gasteiger partial charge in [-0.15, -0.1) is 11.3 Å². The molecule has 106 valence electrons. The first kappa shape index (κ1) is 14.1. The average Bonchev–Trinajstić information content (AvgIpc) is 2.91. The molecule has 1 heterocycles. The number of fused-ring (bicyclic) bond motifs is 2. The van der Waals surface area contributed by atoms with Gasteiger partial charge in [-0.1, -0.05) is 20.8 Å². The number of thiophene rings is 1. The van der Waals surface area contributed by atoms with E-state index in [-0.39, 0.29) is 0 Å². The fourth-order valence-electron chi connectivity index (χ4n) is 4.40. The van der Waals surface area contributed by atoms with Crippen molar-refractivity contribution in [3.8, 4) is 0 Å². The van der Waals surface area contributed by atoms with Crippen molar-refractivity contribution in [3.05, 3.63) is 20.8 Å². The maximum atomic E-state index is 3.93. The van der Waals surface area contributed by atoms with E-state index in [0.717, 1.165) is 5.92 Å². The number of hydrogen-bond donors (Lipinski definition) is 1. The molecule has 0 aliphatic heterocycles. The quantitative estimate of drug-likeness (QED) is 0.778. The average molecular weight is 342 g/mol. The molecule has 0 spiro atoms. The van der Waals surface area contributed by atoms with E-state index in [1.54, 1.807) is 0 Å². The van der Waals surface area contributed by atoms with E-state index in [0.29, 0.717) is 22.9 Å². The van der Waals surface area contributed by atoms with Crippen LogP contribution in [0.4, 0.5) is 0 Å². The smallest absolute Gasteiger partial charge is 0.0701 e. The lowest BCUT2D eigenvalue weighted by Gasteiger charge is -2.40. The predicted molar refractivity (Wildman–Crippen MR) is 86.6 cm³/mol. The minimum absolute atomic E-state index is 0.466. The molecule has 2 fully saturated rings. The van der Waals surface area contributed by atoms with Gasteiger partial charge in [-0.2, -0.15) is 0 Å². The first-order valence-corrected chi connectivity index (χ1v) is 8.97. The summed E-state index contributed by atoms with van der Waals surface area (Å²) in [6.07, 6.45) is 4.18. The topological polar surface area (TPSA) is 12.0 Å². The molecule has 1 aromatic rings. The van der Waals surface area contributed by atoms with E-state index in [4.69, 9.17) is 0 Å². The van der Waals surface area contributed by atoms with Crippen molar-refractivity contribution in [3.63, 3.8) is 0 Å². The molecule has 1 aromatic heterocycles. The summed E-state index contributed by atoms with van der Waals surface area (Å²) in [7, 11) is 0. The van der Waals surface area contributed by atoms with Gasteiger partial charge in [0.05, 0.1) is 3.79 Å². The van der Waals surface area contributed by atoms with E-state index in [1.165, 1.54) is 27.9 Å². The maximum absolute atomic E-state index is 3.93. The zero-order valence-corrected chi connectivity index (χ0v) is 14.7. The predicted octanol–water partition coefficient (Wildman–Crippen LogP) is 5.38. The second-order valence-corrected chi connectivity index (χ2v) is 9.69. The van der Waals surface area contributed by atoms with E-state index in [2.05, 4.69) is 61.1 Å². The van der Waals surface area contributed by atoms with Gasteiger partial charge in [-0.25, -0.2) is 0 Å². The van der Waals surface area contributed by atoms with Crippen molar-refractivity contribution in [2.75, 3.05) is 0 Å². The molecule has 2 saturated carbocycles. The normalized spacial score (nSPS) is 37.7. The Hall–Kier alpha value is 0.140. The number of hydrogen-bond acceptors (Lipinski definition) is 2. The molecule has 0 aromatic carbocycles. The van der Waals surface area contributed by atoms with Crippen LogP contribution in [0.2, 0.25) is 0 Å². The van der Waals surface area contributed by atoms with Crippen LogP contribution in [0.3, 0.4) is 0 Å². The molecule has 2 aliphatic carbocycles. The molecule has 2 aliphatic rings. The molecule has 4 atom stereocenters. The van der Waals surface area contributed by atoms with E-state index in [1.807, 2.05) is 11.3 Å². The van der Waals surface area contributed by atoms with Crippen LogP contribution in [0, 0.1) is 16.7 Å². The number of rotatable bonds is 3. The highest BCUT2D eigenvalue weighted by atomic mass is 79.9. The van der Waals surface area contributed by atoms with Crippen molar-refractivity contribution >= 4 is 27.3 Å². The largest absolute Gasteiger partial charge is 0.306 e. The lowest BCUT2D eigenvalue weighted by molar-refractivity contribution is 0.116. The Morgan fingerprint density at radius 1 is 1.37 bits per heavy atom. The highest BCUT2D eigenvalue weighted by Gasteiger charge is 2.61. The standard InChI is InChI=1S/C16H24BrNS/c1-10(12-5-6-14(17)19-12)18-13-9-11-7-8-16(13,4)15(11,2)3/h5-6,10-11,13,18H,7-9H2,1-4H3. The Morgan fingerprint density at radius 2 is 2.11 bits per heavy atom. The van der Waals surface area contributed by atoms with Crippen LogP contribution in [0.25, 0.3) is 0 Å². The Balaban J connectivity index is 1.75. The van der Waals surface area contributed by atoms with Crippen molar-refractivity contribution in [2.45, 2.75) is 59.0 Å². The minimum Gasteiger partial charge on any atom is -0.306 e. The zero-order chi connectivity index (χ0) is 13.8. The monoisotopic (exact) mass is 341 g/mol. The summed E-state index contributed by atoms with van der Waals surface area (Å²) in [4.78, 5) is 1.44. The Bertz CT molecular complexity index is 481. The highest BCUT2D eigenvalue weighted by Crippen LogP contribution is 2.65. The molecule has 2 bridgehead atoms. The van der Waals surface area contributed by atoms with Gasteiger partial charge in [0.1, 0.15) is 0 Å². The Kier molecular flexibility index (Phi) is 3.39. The summed E-state index contributed by atoms with van der Waals surface area (Å²) in [5.74, 6) is 0.914. The minimum atomic E-state index is 0.466. The number of halogens is 1. The fraction of sp³-hybridized carbons (Fsp3) is 0.750. The first-order chi connectivity index (χ1) is 8.84. The molecule has 19 heavy (non-hydrogen) atoms. The van der Waals surface area contributed by atoms with Crippen LogP contribution >= 0.6 is 27.3 Å². The molecule has 0 amide bonds. The Labute approximate surface area is 129 Å². The third-order valence-electron chi connectivity index (χ3n) is 6.27. The van der Waals surface area contributed by atoms with E-state index in [9.17, 15) is 0 Å². The van der Waals surface area contributed by atoms with Crippen LogP contribution < -0.4 is 5.32 Å². The van der Waals surface area contributed by atoms with Crippen LogP contribution in [-0.4, -0.2) is 6.04 Å². The van der Waals surface area contributed by atoms with Gasteiger partial charge >= 0.3 is 0 Å². The zero-order valence-electron chi connectivity index (χ0n) is 12.3. The SMILES string of the molecule is CC(NC1CC2CCC1(C)C2(C)C)c1ccc(Br)s1. The summed E-state index contributed by atoms with van der Waals surface area (Å²) in [5.41, 5.74) is 0.973. The molecule has 3 heteroatoms. The van der Waals surface area contributed by atoms with E-state index < -0.39 is 0 Å². The van der Waals surface area contributed by atoms with Crippen molar-refractivity contribution in [1.29, 1.82) is 0 Å². The van der Waals surface area contributed by atoms with Crippen LogP contribution in [0.5, 0.6) is 0 Å². The van der Waals surface area contributed by atoms with Crippen molar-refractivity contribution < 1.29 is 0 Å². The number of nitrogens with one attached hydrogen (secondary N) is 1. The van der Waals surface area contributed by atoms with Gasteiger partial charge in [0, 0.05) is 17.0 Å². The highest BCUT2D eigenvalue weighted by molar-refractivity contribution is 9.11. The summed E-state index contributed by atoms with van der Waals surface area (Å²) in [6, 6.07) is 5.54. The van der Waals surface area contributed by atoms with Gasteiger partial charge in [-0.3, -0.25) is 0 Å². The van der Waals surface area contributed by atoms with Gasteiger partial charge in [0.15, 0.2) is 0 Å². The maximum Gasteiger partial charge on any atom is 0.0701 e. The first-order valence-electron chi connectivity index (χ1n) is 7.36. The summed E-state index contributed by atoms with van der Waals surface area (Å²) >= 11 is 5.42. The van der Waals surface area contributed by atoms with Crippen molar-refractivity contribution in [2.24, 2.45) is 16.7 Å². The second-order valence-electron chi connectivity index (χ2n) is 7.19. The summed E-state index contributed by atoms with van der Waals surface area (Å²) in [5, 5.41) is 3.93. The molecule has 4 unspecified atom stereocenters. The fourth-order valence-corrected chi connectivity index (χ4v) is 5.84. The van der Waals surface area contributed by atoms with Crippen LogP contribution in [0.15, 0.2) is 15.9 Å². The third kappa shape index (κ3) is 2.04. The van der Waals surface area contributed by atoms with Crippen LogP contribution in [0.1, 0.15) is 57.9 Å². The summed E-state index contributed by atoms with van der Waals surface area (Å²) < 4.78 is 1.23. The molecule has 1 nitrogen and oxygen atoms in total. The van der Waals surface area contributed by atoms with Gasteiger partial charge < -0.3 is 5.32 Å². The molecule has 3 rings (SSSR count). The van der Waals surface area contributed by atoms with Crippen molar-refractivity contribution in [1.82, 2.24) is 5.32 Å². The van der Waals surface area contributed by atoms with Gasteiger partial charge in [-0.05, 0) is 71.0 Å². The van der Waals surface area contributed by atoms with E-state index >= 15 is 0 Å². The molecule has 0 saturated heterocycles. The third-order valence-corrected chi connectivity index (χ3v) is 8.07. The van der Waals surface area contributed by atoms with Crippen LogP contribution in [-0.2, 0) is 0 Å². The van der Waals surface area contributed by atoms with Gasteiger partial charge in [0.2, 0.25) is 0 Å². The second kappa shape index (κ2) is 4.57. The lowest BCUT2D eigenvalue weighted by atomic mass is 9.69. The summed E-state index contributed by atoms with van der Waals surface area (Å²) in [6.45, 7) is 9.78. The molecule has 0 radical (unpaired) electrons. The lowest BCUT2D eigenvalue weighted by Crippen LogP contribution is -2.45. The molecule has 1 N–H and O–H groups in total. The molecular weight excluding hydrogens is 318 g/mol. The Morgan fingerprint density at radius 3 is 2.58 bits per heavy atom.